The van der Waals surface area contributed by atoms with Crippen LogP contribution in [-0.4, -0.2) is 47.7 Å². The van der Waals surface area contributed by atoms with Crippen LogP contribution in [0.15, 0.2) is 55.4 Å². The van der Waals surface area contributed by atoms with E-state index in [9.17, 15) is 9.90 Å². The van der Waals surface area contributed by atoms with Crippen molar-refractivity contribution in [2.24, 2.45) is 5.92 Å². The first-order valence-electron chi connectivity index (χ1n) is 9.05. The highest BCUT2D eigenvalue weighted by atomic mass is 16.3. The zero-order chi connectivity index (χ0) is 18.6. The fraction of sp³-hybridized carbons (Fsp3) is 0.368. The normalized spacial score (nSPS) is 22.0. The van der Waals surface area contributed by atoms with Crippen molar-refractivity contribution >= 4 is 5.91 Å². The first-order valence-corrected chi connectivity index (χ1v) is 9.05. The molecule has 8 nitrogen and oxygen atoms in total. The molecule has 140 valence electrons. The van der Waals surface area contributed by atoms with E-state index >= 15 is 0 Å². The minimum atomic E-state index is -0.544. The molecule has 1 fully saturated rings. The van der Waals surface area contributed by atoms with Crippen LogP contribution in [0.4, 0.5) is 0 Å². The minimum absolute atomic E-state index is 0.172. The summed E-state index contributed by atoms with van der Waals surface area (Å²) in [7, 11) is 0. The number of nitrogens with one attached hydrogen (secondary N) is 1. The third-order valence-corrected chi connectivity index (χ3v) is 5.01. The summed E-state index contributed by atoms with van der Waals surface area (Å²) in [6, 6.07) is 9.07. The maximum atomic E-state index is 12.8. The van der Waals surface area contributed by atoms with Gasteiger partial charge in [0.05, 0.1) is 18.7 Å². The first-order chi connectivity index (χ1) is 13.2. The smallest absolute Gasteiger partial charge is 0.251 e. The number of nitrogens with zero attached hydrogens (tertiary/aromatic N) is 5. The van der Waals surface area contributed by atoms with Gasteiger partial charge in [-0.3, -0.25) is 9.48 Å². The Hall–Kier alpha value is -3.00. The van der Waals surface area contributed by atoms with Gasteiger partial charge in [-0.05, 0) is 36.5 Å². The van der Waals surface area contributed by atoms with Gasteiger partial charge in [0.15, 0.2) is 0 Å². The fourth-order valence-electron chi connectivity index (χ4n) is 3.71. The molecular weight excluding hydrogens is 344 g/mol. The molecule has 27 heavy (non-hydrogen) atoms. The molecule has 3 atom stereocenters. The number of hydrogen-bond donors (Lipinski definition) is 2. The summed E-state index contributed by atoms with van der Waals surface area (Å²) in [5, 5.41) is 21.7. The second-order valence-corrected chi connectivity index (χ2v) is 6.96. The molecule has 0 aliphatic heterocycles. The lowest BCUT2D eigenvalue weighted by Crippen LogP contribution is -2.40. The Morgan fingerprint density at radius 2 is 2.07 bits per heavy atom. The zero-order valence-electron chi connectivity index (χ0n) is 14.8. The molecule has 2 N–H and O–H groups in total. The van der Waals surface area contributed by atoms with Crippen molar-refractivity contribution < 1.29 is 9.90 Å². The molecule has 0 spiro atoms. The summed E-state index contributed by atoms with van der Waals surface area (Å²) < 4.78 is 3.55. The predicted octanol–water partition coefficient (Wildman–Crippen LogP) is 1.09. The number of amides is 1. The Labute approximate surface area is 156 Å². The molecule has 1 unspecified atom stereocenters. The van der Waals surface area contributed by atoms with Gasteiger partial charge in [0.1, 0.15) is 12.7 Å². The SMILES string of the molecule is O=C(N[C@@H]1CC(Cn2cccn2)C[C@H]1O)c1ccccc1Cn1cncn1. The van der Waals surface area contributed by atoms with Crippen molar-refractivity contribution in [2.75, 3.05) is 0 Å². The number of aromatic nitrogens is 5. The fourth-order valence-corrected chi connectivity index (χ4v) is 3.71. The molecule has 0 radical (unpaired) electrons. The minimum Gasteiger partial charge on any atom is -0.391 e. The van der Waals surface area contributed by atoms with Gasteiger partial charge in [0, 0.05) is 24.5 Å². The van der Waals surface area contributed by atoms with E-state index in [1.165, 1.54) is 6.33 Å². The molecule has 2 aromatic heterocycles. The van der Waals surface area contributed by atoms with Crippen molar-refractivity contribution in [2.45, 2.75) is 38.1 Å². The van der Waals surface area contributed by atoms with E-state index in [-0.39, 0.29) is 17.9 Å². The molecule has 0 saturated heterocycles. The van der Waals surface area contributed by atoms with E-state index in [0.29, 0.717) is 18.5 Å². The highest BCUT2D eigenvalue weighted by Crippen LogP contribution is 2.28. The van der Waals surface area contributed by atoms with E-state index in [1.807, 2.05) is 35.1 Å². The number of rotatable bonds is 6. The van der Waals surface area contributed by atoms with Crippen molar-refractivity contribution in [3.05, 3.63) is 66.5 Å². The highest BCUT2D eigenvalue weighted by molar-refractivity contribution is 5.95. The summed E-state index contributed by atoms with van der Waals surface area (Å²) in [5.74, 6) is 0.116. The molecular formula is C19H22N6O2. The van der Waals surface area contributed by atoms with Crippen LogP contribution in [0.1, 0.15) is 28.8 Å². The second-order valence-electron chi connectivity index (χ2n) is 6.96. The number of hydrogen-bond acceptors (Lipinski definition) is 5. The molecule has 8 heteroatoms. The van der Waals surface area contributed by atoms with Gasteiger partial charge in [-0.25, -0.2) is 9.67 Å². The number of aliphatic hydroxyl groups is 1. The van der Waals surface area contributed by atoms with E-state index < -0.39 is 6.10 Å². The Bertz CT molecular complexity index is 878. The summed E-state index contributed by atoms with van der Waals surface area (Å²) >= 11 is 0. The topological polar surface area (TPSA) is 97.9 Å². The summed E-state index contributed by atoms with van der Waals surface area (Å²) in [6.45, 7) is 1.22. The average Bonchev–Trinajstić information content (AvgIpc) is 3.40. The van der Waals surface area contributed by atoms with Gasteiger partial charge >= 0.3 is 0 Å². The Kier molecular flexibility index (Phi) is 4.97. The number of carbonyl (C=O) groups excluding carboxylic acids is 1. The molecule has 1 saturated carbocycles. The number of benzene rings is 1. The third kappa shape index (κ3) is 4.06. The van der Waals surface area contributed by atoms with Crippen LogP contribution < -0.4 is 5.32 Å². The average molecular weight is 366 g/mol. The van der Waals surface area contributed by atoms with Crippen molar-refractivity contribution in [1.82, 2.24) is 29.9 Å². The molecule has 2 heterocycles. The van der Waals surface area contributed by atoms with Crippen LogP contribution in [0.2, 0.25) is 0 Å². The molecule has 0 bridgehead atoms. The zero-order valence-corrected chi connectivity index (χ0v) is 14.8. The Balaban J connectivity index is 1.42. The molecule has 1 aliphatic rings. The molecule has 1 amide bonds. The van der Waals surface area contributed by atoms with Gasteiger partial charge in [0.25, 0.3) is 5.91 Å². The Morgan fingerprint density at radius 3 is 2.85 bits per heavy atom. The number of carbonyl (C=O) groups is 1. The van der Waals surface area contributed by atoms with Gasteiger partial charge in [-0.15, -0.1) is 0 Å². The lowest BCUT2D eigenvalue weighted by molar-refractivity contribution is 0.0871. The summed E-state index contributed by atoms with van der Waals surface area (Å²) in [4.78, 5) is 16.8. The molecule has 1 aromatic carbocycles. The molecule has 1 aliphatic carbocycles. The summed E-state index contributed by atoms with van der Waals surface area (Å²) in [5.41, 5.74) is 1.46. The van der Waals surface area contributed by atoms with Crippen molar-refractivity contribution in [3.8, 4) is 0 Å². The monoisotopic (exact) mass is 366 g/mol. The van der Waals surface area contributed by atoms with Crippen LogP contribution in [0.3, 0.4) is 0 Å². The Morgan fingerprint density at radius 1 is 1.19 bits per heavy atom. The van der Waals surface area contributed by atoms with Crippen LogP contribution >= 0.6 is 0 Å². The maximum absolute atomic E-state index is 12.8. The number of aliphatic hydroxyl groups excluding tert-OH is 1. The third-order valence-electron chi connectivity index (χ3n) is 5.01. The van der Waals surface area contributed by atoms with Crippen molar-refractivity contribution in [1.29, 1.82) is 0 Å². The first kappa shape index (κ1) is 17.4. The van der Waals surface area contributed by atoms with Crippen LogP contribution in [0, 0.1) is 5.92 Å². The standard InChI is InChI=1S/C19H22N6O2/c26-18-9-14(10-24-7-3-6-21-24)8-17(18)23-19(27)16-5-2-1-4-15(16)11-25-13-20-12-22-25/h1-7,12-14,17-18,26H,8-11H2,(H,23,27)/t14?,17-,18-/m1/s1. The second kappa shape index (κ2) is 7.71. The van der Waals surface area contributed by atoms with E-state index in [2.05, 4.69) is 20.5 Å². The van der Waals surface area contributed by atoms with Crippen LogP contribution in [-0.2, 0) is 13.1 Å². The molecule has 4 rings (SSSR count). The lowest BCUT2D eigenvalue weighted by Gasteiger charge is -2.18. The predicted molar refractivity (Wildman–Crippen MR) is 97.8 cm³/mol. The van der Waals surface area contributed by atoms with Gasteiger partial charge in [0.2, 0.25) is 0 Å². The van der Waals surface area contributed by atoms with Gasteiger partial charge in [-0.2, -0.15) is 10.2 Å². The van der Waals surface area contributed by atoms with Gasteiger partial charge < -0.3 is 10.4 Å². The largest absolute Gasteiger partial charge is 0.391 e. The van der Waals surface area contributed by atoms with Gasteiger partial charge in [-0.1, -0.05) is 18.2 Å². The highest BCUT2D eigenvalue weighted by Gasteiger charge is 2.34. The van der Waals surface area contributed by atoms with E-state index in [0.717, 1.165) is 18.5 Å². The lowest BCUT2D eigenvalue weighted by atomic mass is 10.1. The summed E-state index contributed by atoms with van der Waals surface area (Å²) in [6.07, 6.45) is 7.60. The van der Waals surface area contributed by atoms with Crippen LogP contribution in [0.5, 0.6) is 0 Å². The molecule has 3 aromatic rings. The van der Waals surface area contributed by atoms with E-state index in [1.54, 1.807) is 23.3 Å². The maximum Gasteiger partial charge on any atom is 0.251 e. The van der Waals surface area contributed by atoms with E-state index in [4.69, 9.17) is 0 Å². The quantitative estimate of drug-likeness (QED) is 0.681. The van der Waals surface area contributed by atoms with Crippen molar-refractivity contribution in [3.63, 3.8) is 0 Å². The van der Waals surface area contributed by atoms with Crippen LogP contribution in [0.25, 0.3) is 0 Å².